The van der Waals surface area contributed by atoms with Gasteiger partial charge in [0.05, 0.1) is 11.8 Å². The summed E-state index contributed by atoms with van der Waals surface area (Å²) >= 11 is 0. The van der Waals surface area contributed by atoms with Crippen molar-refractivity contribution < 1.29 is 13.2 Å². The van der Waals surface area contributed by atoms with Gasteiger partial charge in [0.1, 0.15) is 0 Å². The topological polar surface area (TPSA) is 95.2 Å². The summed E-state index contributed by atoms with van der Waals surface area (Å²) in [7, 11) is -3.27. The molecule has 0 unspecified atom stereocenters. The van der Waals surface area contributed by atoms with Crippen LogP contribution in [0.15, 0.2) is 24.3 Å². The third-order valence-corrected chi connectivity index (χ3v) is 4.83. The van der Waals surface area contributed by atoms with Crippen LogP contribution in [0.1, 0.15) is 29.8 Å². The number of H-pyrrole nitrogens is 1. The van der Waals surface area contributed by atoms with Crippen LogP contribution in [0.25, 0.3) is 10.9 Å². The Labute approximate surface area is 135 Å². The molecule has 0 aliphatic carbocycles. The number of para-hydroxylation sites is 1. The van der Waals surface area contributed by atoms with Crippen LogP contribution in [0, 0.1) is 0 Å². The Morgan fingerprint density at radius 1 is 1.39 bits per heavy atom. The van der Waals surface area contributed by atoms with Gasteiger partial charge in [-0.1, -0.05) is 18.2 Å². The molecule has 1 aromatic carbocycles. The van der Waals surface area contributed by atoms with E-state index in [2.05, 4.69) is 14.9 Å². The Bertz CT molecular complexity index is 815. The summed E-state index contributed by atoms with van der Waals surface area (Å²) in [6, 6.07) is 7.35. The molecule has 7 nitrogen and oxygen atoms in total. The zero-order valence-electron chi connectivity index (χ0n) is 12.9. The minimum absolute atomic E-state index is 0.138. The van der Waals surface area contributed by atoms with E-state index in [-0.39, 0.29) is 18.5 Å². The molecule has 2 aromatic rings. The standard InChI is InChI=1S/C15H20N4O3S/c1-23(21,22)16-10-11-6-4-5-9-19(11)15(20)14-12-7-2-3-8-13(12)17-18-14/h2-3,7-8,11,16H,4-6,9-10H2,1H3,(H,17,18)/t11-/m0/s1. The predicted octanol–water partition coefficient (Wildman–Crippen LogP) is 1.11. The first-order valence-electron chi connectivity index (χ1n) is 7.64. The molecule has 1 fully saturated rings. The number of amides is 1. The summed E-state index contributed by atoms with van der Waals surface area (Å²) in [5.41, 5.74) is 1.21. The van der Waals surface area contributed by atoms with E-state index >= 15 is 0 Å². The number of likely N-dealkylation sites (tertiary alicyclic amines) is 1. The van der Waals surface area contributed by atoms with E-state index in [0.29, 0.717) is 12.2 Å². The number of aromatic amines is 1. The summed E-state index contributed by atoms with van der Waals surface area (Å²) in [5.74, 6) is -0.151. The maximum absolute atomic E-state index is 12.9. The summed E-state index contributed by atoms with van der Waals surface area (Å²) < 4.78 is 25.2. The van der Waals surface area contributed by atoms with Crippen LogP contribution in [0.2, 0.25) is 0 Å². The van der Waals surface area contributed by atoms with Gasteiger partial charge in [0.15, 0.2) is 5.69 Å². The Kier molecular flexibility index (Phi) is 4.36. The monoisotopic (exact) mass is 336 g/mol. The van der Waals surface area contributed by atoms with Crippen molar-refractivity contribution >= 4 is 26.8 Å². The normalized spacial score (nSPS) is 19.2. The molecule has 1 saturated heterocycles. The molecule has 1 aliphatic heterocycles. The number of fused-ring (bicyclic) bond motifs is 1. The molecule has 1 atom stereocenters. The Morgan fingerprint density at radius 3 is 2.96 bits per heavy atom. The van der Waals surface area contributed by atoms with Crippen LogP contribution in [0.4, 0.5) is 0 Å². The summed E-state index contributed by atoms with van der Waals surface area (Å²) in [6.07, 6.45) is 3.82. The number of hydrogen-bond donors (Lipinski definition) is 2. The molecule has 0 radical (unpaired) electrons. The fourth-order valence-corrected chi connectivity index (χ4v) is 3.49. The fourth-order valence-electron chi connectivity index (χ4n) is 2.99. The molecular formula is C15H20N4O3S. The summed E-state index contributed by atoms with van der Waals surface area (Å²) in [4.78, 5) is 14.6. The van der Waals surface area contributed by atoms with Gasteiger partial charge < -0.3 is 4.90 Å². The Balaban J connectivity index is 1.83. The molecule has 2 N–H and O–H groups in total. The third kappa shape index (κ3) is 3.53. The molecule has 3 rings (SSSR count). The average molecular weight is 336 g/mol. The van der Waals surface area contributed by atoms with Gasteiger partial charge in [0, 0.05) is 24.5 Å². The first-order valence-corrected chi connectivity index (χ1v) is 9.53. The lowest BCUT2D eigenvalue weighted by atomic mass is 10.0. The van der Waals surface area contributed by atoms with Gasteiger partial charge in [-0.2, -0.15) is 5.10 Å². The van der Waals surface area contributed by atoms with Crippen molar-refractivity contribution in [2.75, 3.05) is 19.3 Å². The van der Waals surface area contributed by atoms with Crippen molar-refractivity contribution in [3.8, 4) is 0 Å². The smallest absolute Gasteiger partial charge is 0.275 e. The molecule has 0 bridgehead atoms. The van der Waals surface area contributed by atoms with E-state index in [9.17, 15) is 13.2 Å². The quantitative estimate of drug-likeness (QED) is 0.874. The molecular weight excluding hydrogens is 316 g/mol. The van der Waals surface area contributed by atoms with E-state index in [1.54, 1.807) is 4.90 Å². The number of benzene rings is 1. The van der Waals surface area contributed by atoms with Crippen LogP contribution >= 0.6 is 0 Å². The number of rotatable bonds is 4. The first kappa shape index (κ1) is 15.9. The van der Waals surface area contributed by atoms with Gasteiger partial charge in [-0.3, -0.25) is 9.89 Å². The molecule has 2 heterocycles. The first-order chi connectivity index (χ1) is 11.0. The predicted molar refractivity (Wildman–Crippen MR) is 87.6 cm³/mol. The van der Waals surface area contributed by atoms with E-state index in [1.807, 2.05) is 24.3 Å². The SMILES string of the molecule is CS(=O)(=O)NC[C@@H]1CCCCN1C(=O)c1n[nH]c2ccccc12. The molecule has 1 aromatic heterocycles. The van der Waals surface area contributed by atoms with Crippen molar-refractivity contribution in [1.29, 1.82) is 0 Å². The number of carbonyl (C=O) groups excluding carboxylic acids is 1. The lowest BCUT2D eigenvalue weighted by Crippen LogP contribution is -2.49. The molecule has 1 aliphatic rings. The van der Waals surface area contributed by atoms with Crippen molar-refractivity contribution in [3.63, 3.8) is 0 Å². The highest BCUT2D eigenvalue weighted by atomic mass is 32.2. The van der Waals surface area contributed by atoms with Crippen LogP contribution in [-0.2, 0) is 10.0 Å². The number of aromatic nitrogens is 2. The fraction of sp³-hybridized carbons (Fsp3) is 0.467. The van der Waals surface area contributed by atoms with Crippen LogP contribution in [0.5, 0.6) is 0 Å². The summed E-state index contributed by atoms with van der Waals surface area (Å²) in [5, 5.41) is 7.82. The number of nitrogens with zero attached hydrogens (tertiary/aromatic N) is 2. The third-order valence-electron chi connectivity index (χ3n) is 4.14. The van der Waals surface area contributed by atoms with E-state index < -0.39 is 10.0 Å². The highest BCUT2D eigenvalue weighted by molar-refractivity contribution is 7.88. The number of hydrogen-bond acceptors (Lipinski definition) is 4. The van der Waals surface area contributed by atoms with Crippen LogP contribution in [-0.4, -0.2) is 54.8 Å². The van der Waals surface area contributed by atoms with E-state index in [4.69, 9.17) is 0 Å². The lowest BCUT2D eigenvalue weighted by molar-refractivity contribution is 0.0614. The minimum Gasteiger partial charge on any atom is -0.333 e. The number of carbonyl (C=O) groups is 1. The second-order valence-electron chi connectivity index (χ2n) is 5.89. The number of sulfonamides is 1. The van der Waals surface area contributed by atoms with E-state index in [0.717, 1.165) is 36.4 Å². The van der Waals surface area contributed by atoms with Crippen molar-refractivity contribution in [2.24, 2.45) is 0 Å². The van der Waals surface area contributed by atoms with Crippen LogP contribution < -0.4 is 4.72 Å². The average Bonchev–Trinajstić information content (AvgIpc) is 2.96. The maximum Gasteiger partial charge on any atom is 0.275 e. The molecule has 8 heteroatoms. The van der Waals surface area contributed by atoms with Gasteiger partial charge in [0.2, 0.25) is 10.0 Å². The van der Waals surface area contributed by atoms with E-state index in [1.165, 1.54) is 0 Å². The molecule has 0 spiro atoms. The lowest BCUT2D eigenvalue weighted by Gasteiger charge is -2.35. The zero-order chi connectivity index (χ0) is 16.4. The second-order valence-corrected chi connectivity index (χ2v) is 7.72. The zero-order valence-corrected chi connectivity index (χ0v) is 13.8. The van der Waals surface area contributed by atoms with Gasteiger partial charge >= 0.3 is 0 Å². The highest BCUT2D eigenvalue weighted by Gasteiger charge is 2.30. The molecule has 124 valence electrons. The Morgan fingerprint density at radius 2 is 2.17 bits per heavy atom. The minimum atomic E-state index is -3.27. The van der Waals surface area contributed by atoms with Gasteiger partial charge in [-0.05, 0) is 25.3 Å². The van der Waals surface area contributed by atoms with Gasteiger partial charge in [-0.25, -0.2) is 13.1 Å². The highest BCUT2D eigenvalue weighted by Crippen LogP contribution is 2.22. The number of nitrogens with one attached hydrogen (secondary N) is 2. The van der Waals surface area contributed by atoms with Gasteiger partial charge in [0.25, 0.3) is 5.91 Å². The van der Waals surface area contributed by atoms with Crippen LogP contribution in [0.3, 0.4) is 0 Å². The molecule has 23 heavy (non-hydrogen) atoms. The van der Waals surface area contributed by atoms with Crippen molar-refractivity contribution in [2.45, 2.75) is 25.3 Å². The Hall–Kier alpha value is -1.93. The van der Waals surface area contributed by atoms with Gasteiger partial charge in [-0.15, -0.1) is 0 Å². The van der Waals surface area contributed by atoms with Crippen molar-refractivity contribution in [1.82, 2.24) is 19.8 Å². The molecule has 0 saturated carbocycles. The molecule has 1 amide bonds. The maximum atomic E-state index is 12.9. The largest absolute Gasteiger partial charge is 0.333 e. The second kappa shape index (κ2) is 6.29. The number of piperidine rings is 1. The summed E-state index contributed by atoms with van der Waals surface area (Å²) in [6.45, 7) is 0.864. The van der Waals surface area contributed by atoms with Crippen molar-refractivity contribution in [3.05, 3.63) is 30.0 Å².